The fourth-order valence-corrected chi connectivity index (χ4v) is 2.02. The minimum Gasteiger partial charge on any atom is -0.550 e. The van der Waals surface area contributed by atoms with Crippen LogP contribution < -0.4 is 24.0 Å². The molecular weight excluding hydrogens is 216 g/mol. The standard InChI is InChI=1S/C12H14FNO2.Li/c13-11-3-1-9(2-4-11)6-14-7-10(8-14)5-12(15)16;/h1-4,10H,5-8H2,(H,15,16);/q;+1/p-1. The van der Waals surface area contributed by atoms with Crippen LogP contribution in [0.4, 0.5) is 4.39 Å². The first-order valence-electron chi connectivity index (χ1n) is 5.30. The third-order valence-corrected chi connectivity index (χ3v) is 2.81. The van der Waals surface area contributed by atoms with Crippen molar-refractivity contribution in [3.63, 3.8) is 0 Å². The van der Waals surface area contributed by atoms with Crippen LogP contribution in [0.2, 0.25) is 0 Å². The van der Waals surface area contributed by atoms with Crippen LogP contribution in [0.5, 0.6) is 0 Å². The number of rotatable bonds is 4. The van der Waals surface area contributed by atoms with E-state index in [4.69, 9.17) is 0 Å². The molecule has 17 heavy (non-hydrogen) atoms. The summed E-state index contributed by atoms with van der Waals surface area (Å²) in [5.41, 5.74) is 1.05. The molecule has 0 amide bonds. The van der Waals surface area contributed by atoms with Gasteiger partial charge in [0.2, 0.25) is 0 Å². The Bertz CT molecular complexity index is 377. The van der Waals surface area contributed by atoms with Gasteiger partial charge in [-0.25, -0.2) is 4.39 Å². The maximum absolute atomic E-state index is 12.6. The van der Waals surface area contributed by atoms with Crippen LogP contribution in [-0.2, 0) is 11.3 Å². The van der Waals surface area contributed by atoms with Crippen molar-refractivity contribution in [1.82, 2.24) is 4.90 Å². The van der Waals surface area contributed by atoms with Crippen LogP contribution in [0.25, 0.3) is 0 Å². The molecule has 0 bridgehead atoms. The topological polar surface area (TPSA) is 43.4 Å². The van der Waals surface area contributed by atoms with Crippen LogP contribution >= 0.6 is 0 Å². The zero-order chi connectivity index (χ0) is 11.5. The van der Waals surface area contributed by atoms with E-state index in [9.17, 15) is 14.3 Å². The Morgan fingerprint density at radius 2 is 1.94 bits per heavy atom. The number of carboxylic acid groups (broad SMARTS) is 1. The van der Waals surface area contributed by atoms with E-state index in [1.807, 2.05) is 0 Å². The maximum atomic E-state index is 12.6. The molecule has 0 atom stereocenters. The number of hydrogen-bond acceptors (Lipinski definition) is 3. The molecule has 0 spiro atoms. The fraction of sp³-hybridized carbons (Fsp3) is 0.417. The second-order valence-corrected chi connectivity index (χ2v) is 4.26. The van der Waals surface area contributed by atoms with Gasteiger partial charge in [-0.1, -0.05) is 12.1 Å². The Morgan fingerprint density at radius 3 is 2.47 bits per heavy atom. The molecule has 1 aromatic rings. The number of hydrogen-bond donors (Lipinski definition) is 0. The van der Waals surface area contributed by atoms with E-state index >= 15 is 0 Å². The average Bonchev–Trinajstić information content (AvgIpc) is 2.17. The first-order chi connectivity index (χ1) is 7.63. The summed E-state index contributed by atoms with van der Waals surface area (Å²) in [4.78, 5) is 12.5. The van der Waals surface area contributed by atoms with E-state index < -0.39 is 5.97 Å². The largest absolute Gasteiger partial charge is 1.00 e. The van der Waals surface area contributed by atoms with Crippen molar-refractivity contribution < 1.29 is 33.2 Å². The molecule has 0 saturated carbocycles. The van der Waals surface area contributed by atoms with Gasteiger partial charge in [-0.3, -0.25) is 4.90 Å². The quantitative estimate of drug-likeness (QED) is 0.532. The Morgan fingerprint density at radius 1 is 1.35 bits per heavy atom. The minimum absolute atomic E-state index is 0. The average molecular weight is 229 g/mol. The normalized spacial score (nSPS) is 16.1. The second kappa shape index (κ2) is 6.20. The summed E-state index contributed by atoms with van der Waals surface area (Å²) in [6, 6.07) is 6.38. The third-order valence-electron chi connectivity index (χ3n) is 2.81. The summed E-state index contributed by atoms with van der Waals surface area (Å²) in [5.74, 6) is -1.00. The van der Waals surface area contributed by atoms with Crippen molar-refractivity contribution in [2.75, 3.05) is 13.1 Å². The van der Waals surface area contributed by atoms with Gasteiger partial charge in [-0.2, -0.15) is 0 Å². The summed E-state index contributed by atoms with van der Waals surface area (Å²) in [6.45, 7) is 2.32. The van der Waals surface area contributed by atoms with Crippen LogP contribution in [-0.4, -0.2) is 24.0 Å². The number of halogens is 1. The first kappa shape index (κ1) is 14.2. The van der Waals surface area contributed by atoms with Gasteiger partial charge in [0.15, 0.2) is 0 Å². The third kappa shape index (κ3) is 4.16. The predicted molar refractivity (Wildman–Crippen MR) is 54.8 cm³/mol. The number of carboxylic acids is 1. The van der Waals surface area contributed by atoms with Crippen molar-refractivity contribution in [2.45, 2.75) is 13.0 Å². The van der Waals surface area contributed by atoms with Gasteiger partial charge in [-0.05, 0) is 30.0 Å². The van der Waals surface area contributed by atoms with Gasteiger partial charge in [0.05, 0.1) is 0 Å². The fourth-order valence-electron chi connectivity index (χ4n) is 2.02. The minimum atomic E-state index is -0.980. The molecule has 0 radical (unpaired) electrons. The molecule has 0 unspecified atom stereocenters. The molecule has 0 aliphatic carbocycles. The van der Waals surface area contributed by atoms with E-state index in [0.717, 1.165) is 25.2 Å². The molecule has 1 fully saturated rings. The number of nitrogens with zero attached hydrogens (tertiary/aromatic N) is 1. The second-order valence-electron chi connectivity index (χ2n) is 4.26. The summed E-state index contributed by atoms with van der Waals surface area (Å²) in [6.07, 6.45) is 0.139. The smallest absolute Gasteiger partial charge is 0.550 e. The SMILES string of the molecule is O=C([O-])CC1CN(Cc2ccc(F)cc2)C1.[Li+]. The monoisotopic (exact) mass is 229 g/mol. The molecule has 1 aliphatic heterocycles. The molecule has 86 valence electrons. The predicted octanol–water partition coefficient (Wildman–Crippen LogP) is -2.60. The van der Waals surface area contributed by atoms with Gasteiger partial charge in [0.25, 0.3) is 0 Å². The number of aliphatic carboxylic acids is 1. The molecule has 2 rings (SSSR count). The first-order valence-corrected chi connectivity index (χ1v) is 5.30. The Hall–Kier alpha value is -0.823. The van der Waals surface area contributed by atoms with Gasteiger partial charge in [-0.15, -0.1) is 0 Å². The van der Waals surface area contributed by atoms with Crippen LogP contribution in [0.1, 0.15) is 12.0 Å². The molecule has 3 nitrogen and oxygen atoms in total. The molecule has 0 aromatic heterocycles. The van der Waals surface area contributed by atoms with Crippen molar-refractivity contribution >= 4 is 5.97 Å². The van der Waals surface area contributed by atoms with Crippen LogP contribution in [0.15, 0.2) is 24.3 Å². The van der Waals surface area contributed by atoms with Crippen molar-refractivity contribution in [1.29, 1.82) is 0 Å². The number of benzene rings is 1. The Balaban J connectivity index is 0.00000144. The van der Waals surface area contributed by atoms with Crippen molar-refractivity contribution in [2.24, 2.45) is 5.92 Å². The van der Waals surface area contributed by atoms with E-state index in [0.29, 0.717) is 0 Å². The maximum Gasteiger partial charge on any atom is 1.00 e. The Labute approximate surface area is 112 Å². The summed E-state index contributed by atoms with van der Waals surface area (Å²) >= 11 is 0. The van der Waals surface area contributed by atoms with E-state index in [-0.39, 0.29) is 37.0 Å². The number of likely N-dealkylation sites (tertiary alicyclic amines) is 1. The number of carbonyl (C=O) groups excluding carboxylic acids is 1. The van der Waals surface area contributed by atoms with Crippen molar-refractivity contribution in [3.05, 3.63) is 35.6 Å². The molecule has 5 heteroatoms. The van der Waals surface area contributed by atoms with E-state index in [1.165, 1.54) is 12.1 Å². The summed E-state index contributed by atoms with van der Waals surface area (Å²) in [7, 11) is 0. The van der Waals surface area contributed by atoms with Gasteiger partial charge in [0, 0.05) is 25.6 Å². The van der Waals surface area contributed by atoms with Crippen LogP contribution in [0, 0.1) is 11.7 Å². The summed E-state index contributed by atoms with van der Waals surface area (Å²) in [5, 5.41) is 10.3. The molecule has 1 saturated heterocycles. The van der Waals surface area contributed by atoms with Crippen LogP contribution in [0.3, 0.4) is 0 Å². The van der Waals surface area contributed by atoms with Gasteiger partial charge < -0.3 is 9.90 Å². The van der Waals surface area contributed by atoms with Gasteiger partial charge >= 0.3 is 18.9 Å². The van der Waals surface area contributed by atoms with E-state index in [2.05, 4.69) is 4.90 Å². The molecular formula is C12H13FLiNO2. The molecule has 1 aliphatic rings. The Kier molecular flexibility index (Phi) is 5.20. The zero-order valence-corrected chi connectivity index (χ0v) is 9.86. The van der Waals surface area contributed by atoms with Crippen molar-refractivity contribution in [3.8, 4) is 0 Å². The van der Waals surface area contributed by atoms with Gasteiger partial charge in [0.1, 0.15) is 5.82 Å². The van der Waals surface area contributed by atoms with E-state index in [1.54, 1.807) is 12.1 Å². The number of carbonyl (C=O) groups is 1. The summed E-state index contributed by atoms with van der Waals surface area (Å²) < 4.78 is 12.6. The molecule has 0 N–H and O–H groups in total. The molecule has 1 heterocycles. The molecule has 1 aromatic carbocycles. The zero-order valence-electron chi connectivity index (χ0n) is 9.86.